The van der Waals surface area contributed by atoms with Gasteiger partial charge in [0.15, 0.2) is 0 Å². The van der Waals surface area contributed by atoms with Crippen LogP contribution in [0.5, 0.6) is 0 Å². The van der Waals surface area contributed by atoms with E-state index in [9.17, 15) is 9.59 Å². The fourth-order valence-electron chi connectivity index (χ4n) is 1.55. The molecule has 20 heavy (non-hydrogen) atoms. The molecule has 5 nitrogen and oxygen atoms in total. The number of thiophene rings is 1. The third-order valence-corrected chi connectivity index (χ3v) is 3.60. The number of anilines is 1. The minimum Gasteiger partial charge on any atom is -0.456 e. The summed E-state index contributed by atoms with van der Waals surface area (Å²) in [6, 6.07) is 0. The van der Waals surface area contributed by atoms with Gasteiger partial charge in [0.25, 0.3) is 0 Å². The molecule has 0 aliphatic heterocycles. The number of aryl methyl sites for hydroxylation is 1. The molecule has 1 aromatic heterocycles. The molecule has 6 heteroatoms. The van der Waals surface area contributed by atoms with E-state index in [2.05, 4.69) is 5.32 Å². The highest BCUT2D eigenvalue weighted by Crippen LogP contribution is 2.33. The lowest BCUT2D eigenvalue weighted by Gasteiger charge is -2.20. The minimum atomic E-state index is -0.583. The zero-order valence-corrected chi connectivity index (χ0v) is 13.6. The van der Waals surface area contributed by atoms with Crippen molar-refractivity contribution < 1.29 is 19.1 Å². The Morgan fingerprint density at radius 2 is 1.85 bits per heavy atom. The third-order valence-electron chi connectivity index (χ3n) is 2.48. The lowest BCUT2D eigenvalue weighted by atomic mass is 10.1. The summed E-state index contributed by atoms with van der Waals surface area (Å²) in [7, 11) is 0. The topological polar surface area (TPSA) is 64.6 Å². The first-order chi connectivity index (χ1) is 9.15. The van der Waals surface area contributed by atoms with Crippen molar-refractivity contribution in [2.45, 2.75) is 47.1 Å². The van der Waals surface area contributed by atoms with E-state index in [0.29, 0.717) is 10.6 Å². The SMILES string of the molecule is CCOC(=O)Nc1sc(C)c(C)c1C(=O)OC(C)(C)C. The molecule has 0 saturated heterocycles. The van der Waals surface area contributed by atoms with E-state index in [-0.39, 0.29) is 6.61 Å². The minimum absolute atomic E-state index is 0.275. The first-order valence-electron chi connectivity index (χ1n) is 6.42. The van der Waals surface area contributed by atoms with Gasteiger partial charge in [-0.05, 0) is 47.1 Å². The monoisotopic (exact) mass is 299 g/mol. The number of esters is 1. The predicted octanol–water partition coefficient (Wildman–Crippen LogP) is 3.89. The van der Waals surface area contributed by atoms with Crippen LogP contribution in [0, 0.1) is 13.8 Å². The number of carbonyl (C=O) groups excluding carboxylic acids is 2. The van der Waals surface area contributed by atoms with Gasteiger partial charge in [-0.2, -0.15) is 0 Å². The second kappa shape index (κ2) is 6.26. The van der Waals surface area contributed by atoms with Crippen LogP contribution in [0.25, 0.3) is 0 Å². The van der Waals surface area contributed by atoms with Gasteiger partial charge >= 0.3 is 12.1 Å². The summed E-state index contributed by atoms with van der Waals surface area (Å²) in [4.78, 5) is 24.7. The molecule has 0 radical (unpaired) electrons. The fraction of sp³-hybridized carbons (Fsp3) is 0.571. The Morgan fingerprint density at radius 3 is 2.35 bits per heavy atom. The molecular weight excluding hydrogens is 278 g/mol. The van der Waals surface area contributed by atoms with E-state index in [1.54, 1.807) is 27.7 Å². The van der Waals surface area contributed by atoms with Gasteiger partial charge in [-0.15, -0.1) is 11.3 Å². The highest BCUT2D eigenvalue weighted by Gasteiger charge is 2.26. The standard InChI is InChI=1S/C14H21NO4S/c1-7-18-13(17)15-11-10(8(2)9(3)20-11)12(16)19-14(4,5)6/h7H2,1-6H3,(H,15,17). The van der Waals surface area contributed by atoms with Gasteiger partial charge in [-0.25, -0.2) is 9.59 Å². The summed E-state index contributed by atoms with van der Waals surface area (Å²) in [5.74, 6) is -0.439. The molecule has 0 aliphatic rings. The number of amides is 1. The van der Waals surface area contributed by atoms with E-state index >= 15 is 0 Å². The van der Waals surface area contributed by atoms with Gasteiger partial charge < -0.3 is 9.47 Å². The number of rotatable bonds is 3. The van der Waals surface area contributed by atoms with Gasteiger partial charge in [0.05, 0.1) is 12.2 Å². The van der Waals surface area contributed by atoms with Crippen LogP contribution < -0.4 is 5.32 Å². The molecule has 0 atom stereocenters. The van der Waals surface area contributed by atoms with Gasteiger partial charge in [-0.1, -0.05) is 0 Å². The lowest BCUT2D eigenvalue weighted by molar-refractivity contribution is 0.00705. The van der Waals surface area contributed by atoms with Gasteiger partial charge in [-0.3, -0.25) is 5.32 Å². The number of ether oxygens (including phenoxy) is 2. The van der Waals surface area contributed by atoms with E-state index < -0.39 is 17.7 Å². The van der Waals surface area contributed by atoms with E-state index in [4.69, 9.17) is 9.47 Å². The molecular formula is C14H21NO4S. The molecule has 0 bridgehead atoms. The number of hydrogen-bond donors (Lipinski definition) is 1. The van der Waals surface area contributed by atoms with Crippen LogP contribution in [0.4, 0.5) is 9.80 Å². The van der Waals surface area contributed by atoms with Crippen molar-refractivity contribution in [1.82, 2.24) is 0 Å². The van der Waals surface area contributed by atoms with Crippen LogP contribution in [0.2, 0.25) is 0 Å². The Morgan fingerprint density at radius 1 is 1.25 bits per heavy atom. The van der Waals surface area contributed by atoms with E-state index in [0.717, 1.165) is 10.4 Å². The quantitative estimate of drug-likeness (QED) is 0.860. The van der Waals surface area contributed by atoms with Gasteiger partial charge in [0.1, 0.15) is 10.6 Å². The van der Waals surface area contributed by atoms with Crippen LogP contribution in [0.15, 0.2) is 0 Å². The Labute approximate surface area is 123 Å². The highest BCUT2D eigenvalue weighted by molar-refractivity contribution is 7.16. The lowest BCUT2D eigenvalue weighted by Crippen LogP contribution is -2.25. The summed E-state index contributed by atoms with van der Waals surface area (Å²) in [6.07, 6.45) is -0.571. The van der Waals surface area contributed by atoms with Crippen LogP contribution >= 0.6 is 11.3 Å². The average molecular weight is 299 g/mol. The molecule has 0 fully saturated rings. The smallest absolute Gasteiger partial charge is 0.412 e. The van der Waals surface area contributed by atoms with Crippen LogP contribution in [-0.2, 0) is 9.47 Å². The molecule has 0 saturated carbocycles. The van der Waals surface area contributed by atoms with Gasteiger partial charge in [0.2, 0.25) is 0 Å². The summed E-state index contributed by atoms with van der Waals surface area (Å²) < 4.78 is 10.2. The molecule has 1 rings (SSSR count). The number of nitrogens with one attached hydrogen (secondary N) is 1. The fourth-order valence-corrected chi connectivity index (χ4v) is 2.58. The summed E-state index contributed by atoms with van der Waals surface area (Å²) >= 11 is 1.34. The normalized spacial score (nSPS) is 11.1. The molecule has 1 N–H and O–H groups in total. The summed E-state index contributed by atoms with van der Waals surface area (Å²) in [6.45, 7) is 11.1. The van der Waals surface area contributed by atoms with Crippen molar-refractivity contribution >= 4 is 28.4 Å². The molecule has 0 spiro atoms. The predicted molar refractivity (Wildman–Crippen MR) is 79.6 cm³/mol. The zero-order chi connectivity index (χ0) is 15.5. The highest BCUT2D eigenvalue weighted by atomic mass is 32.1. The molecule has 1 heterocycles. The van der Waals surface area contributed by atoms with Crippen molar-refractivity contribution in [1.29, 1.82) is 0 Å². The molecule has 0 aliphatic carbocycles. The zero-order valence-electron chi connectivity index (χ0n) is 12.7. The van der Waals surface area contributed by atoms with Crippen molar-refractivity contribution in [3.63, 3.8) is 0 Å². The van der Waals surface area contributed by atoms with Crippen molar-refractivity contribution in [3.05, 3.63) is 16.0 Å². The second-order valence-electron chi connectivity index (χ2n) is 5.33. The summed E-state index contributed by atoms with van der Waals surface area (Å²) in [5, 5.41) is 3.06. The molecule has 1 aromatic rings. The van der Waals surface area contributed by atoms with Gasteiger partial charge in [0, 0.05) is 4.88 Å². The Hall–Kier alpha value is -1.56. The molecule has 112 valence electrons. The molecule has 0 unspecified atom stereocenters. The third kappa shape index (κ3) is 4.23. The average Bonchev–Trinajstić information content (AvgIpc) is 2.52. The Bertz CT molecular complexity index is 514. The Kier molecular flexibility index (Phi) is 5.16. The second-order valence-corrected chi connectivity index (χ2v) is 6.56. The summed E-state index contributed by atoms with van der Waals surface area (Å²) in [5.41, 5.74) is 0.632. The van der Waals surface area contributed by atoms with Crippen LogP contribution in [-0.4, -0.2) is 24.3 Å². The molecule has 0 aromatic carbocycles. The van der Waals surface area contributed by atoms with E-state index in [1.165, 1.54) is 11.3 Å². The number of carbonyl (C=O) groups is 2. The van der Waals surface area contributed by atoms with Crippen LogP contribution in [0.1, 0.15) is 48.5 Å². The van der Waals surface area contributed by atoms with Crippen molar-refractivity contribution in [2.24, 2.45) is 0 Å². The van der Waals surface area contributed by atoms with Crippen molar-refractivity contribution in [3.8, 4) is 0 Å². The first kappa shape index (κ1) is 16.5. The Balaban J connectivity index is 3.05. The molecule has 1 amide bonds. The van der Waals surface area contributed by atoms with Crippen LogP contribution in [0.3, 0.4) is 0 Å². The van der Waals surface area contributed by atoms with E-state index in [1.807, 2.05) is 13.8 Å². The maximum Gasteiger partial charge on any atom is 0.412 e. The van der Waals surface area contributed by atoms with Crippen molar-refractivity contribution in [2.75, 3.05) is 11.9 Å². The number of hydrogen-bond acceptors (Lipinski definition) is 5. The maximum absolute atomic E-state index is 12.2. The largest absolute Gasteiger partial charge is 0.456 e. The first-order valence-corrected chi connectivity index (χ1v) is 7.24. The maximum atomic E-state index is 12.2.